The van der Waals surface area contributed by atoms with E-state index in [1.165, 1.54) is 11.1 Å². The van der Waals surface area contributed by atoms with Crippen molar-refractivity contribution in [2.45, 2.75) is 13.0 Å². The molecule has 0 bridgehead atoms. The summed E-state index contributed by atoms with van der Waals surface area (Å²) < 4.78 is 5.76. The van der Waals surface area contributed by atoms with Gasteiger partial charge in [-0.15, -0.1) is 0 Å². The van der Waals surface area contributed by atoms with Crippen LogP contribution in [0.5, 0.6) is 5.75 Å². The average molecular weight is 253 g/mol. The fourth-order valence-electron chi connectivity index (χ4n) is 2.55. The van der Waals surface area contributed by atoms with Gasteiger partial charge in [-0.1, -0.05) is 42.5 Å². The lowest BCUT2D eigenvalue weighted by molar-refractivity contribution is 0.196. The first-order valence-electron chi connectivity index (χ1n) is 6.89. The number of para-hydroxylation sites is 1. The Morgan fingerprint density at radius 2 is 1.63 bits per heavy atom. The number of ether oxygens (including phenoxy) is 1. The Hall–Kier alpha value is -1.80. The van der Waals surface area contributed by atoms with Gasteiger partial charge in [-0.2, -0.15) is 0 Å². The van der Waals surface area contributed by atoms with Crippen molar-refractivity contribution in [2.75, 3.05) is 19.7 Å². The monoisotopic (exact) mass is 253 g/mol. The average Bonchev–Trinajstić information content (AvgIpc) is 2.48. The van der Waals surface area contributed by atoms with Crippen LogP contribution in [0.2, 0.25) is 0 Å². The van der Waals surface area contributed by atoms with Crippen LogP contribution in [0.1, 0.15) is 11.1 Å². The molecule has 0 spiro atoms. The van der Waals surface area contributed by atoms with E-state index >= 15 is 0 Å². The maximum absolute atomic E-state index is 5.76. The summed E-state index contributed by atoms with van der Waals surface area (Å²) in [5.74, 6) is 0.958. The maximum Gasteiger partial charge on any atom is 0.119 e. The van der Waals surface area contributed by atoms with E-state index < -0.39 is 0 Å². The van der Waals surface area contributed by atoms with Crippen LogP contribution in [0.4, 0.5) is 0 Å². The highest BCUT2D eigenvalue weighted by Gasteiger charge is 2.14. The zero-order valence-corrected chi connectivity index (χ0v) is 11.1. The molecule has 2 nitrogen and oxygen atoms in total. The highest BCUT2D eigenvalue weighted by Crippen LogP contribution is 2.18. The highest BCUT2D eigenvalue weighted by molar-refractivity contribution is 5.29. The van der Waals surface area contributed by atoms with Gasteiger partial charge in [0.25, 0.3) is 0 Å². The smallest absolute Gasteiger partial charge is 0.119 e. The molecule has 0 atom stereocenters. The Kier molecular flexibility index (Phi) is 3.80. The van der Waals surface area contributed by atoms with Crippen molar-refractivity contribution in [2.24, 2.45) is 0 Å². The largest absolute Gasteiger partial charge is 0.492 e. The number of hydrogen-bond acceptors (Lipinski definition) is 2. The Morgan fingerprint density at radius 3 is 2.47 bits per heavy atom. The molecule has 3 rings (SSSR count). The van der Waals surface area contributed by atoms with Crippen LogP contribution < -0.4 is 4.74 Å². The molecule has 0 radical (unpaired) electrons. The van der Waals surface area contributed by atoms with E-state index in [9.17, 15) is 0 Å². The summed E-state index contributed by atoms with van der Waals surface area (Å²) in [7, 11) is 0. The molecule has 98 valence electrons. The second kappa shape index (κ2) is 5.89. The minimum atomic E-state index is 0.756. The fourth-order valence-corrected chi connectivity index (χ4v) is 2.55. The number of benzene rings is 2. The third-order valence-corrected chi connectivity index (χ3v) is 3.63. The SMILES string of the molecule is c1ccc(OCCN2CCc3ccccc3C2)cc1. The lowest BCUT2D eigenvalue weighted by Gasteiger charge is -2.28. The van der Waals surface area contributed by atoms with Crippen LogP contribution >= 0.6 is 0 Å². The molecular formula is C17H19NO. The van der Waals surface area contributed by atoms with Gasteiger partial charge >= 0.3 is 0 Å². The molecule has 0 saturated carbocycles. The van der Waals surface area contributed by atoms with E-state index in [-0.39, 0.29) is 0 Å². The van der Waals surface area contributed by atoms with Crippen molar-refractivity contribution in [3.63, 3.8) is 0 Å². The van der Waals surface area contributed by atoms with E-state index in [0.717, 1.165) is 38.4 Å². The van der Waals surface area contributed by atoms with Crippen LogP contribution in [-0.2, 0) is 13.0 Å². The standard InChI is InChI=1S/C17H19NO/c1-2-8-17(9-3-1)19-13-12-18-11-10-15-6-4-5-7-16(15)14-18/h1-9H,10-14H2. The van der Waals surface area contributed by atoms with Gasteiger partial charge in [-0.05, 0) is 29.7 Å². The summed E-state index contributed by atoms with van der Waals surface area (Å²) in [5, 5.41) is 0. The molecule has 0 aliphatic carbocycles. The lowest BCUT2D eigenvalue weighted by atomic mass is 10.0. The summed E-state index contributed by atoms with van der Waals surface area (Å²) in [6, 6.07) is 18.8. The Bertz CT molecular complexity index is 524. The third kappa shape index (κ3) is 3.15. The second-order valence-corrected chi connectivity index (χ2v) is 4.96. The molecule has 1 heterocycles. The summed E-state index contributed by atoms with van der Waals surface area (Å²) >= 11 is 0. The quantitative estimate of drug-likeness (QED) is 0.830. The molecule has 0 saturated heterocycles. The Balaban J connectivity index is 1.50. The van der Waals surface area contributed by atoms with Crippen LogP contribution in [-0.4, -0.2) is 24.6 Å². The number of hydrogen-bond donors (Lipinski definition) is 0. The molecule has 0 N–H and O–H groups in total. The van der Waals surface area contributed by atoms with Crippen LogP contribution in [0, 0.1) is 0 Å². The minimum absolute atomic E-state index is 0.756. The first-order valence-corrected chi connectivity index (χ1v) is 6.89. The zero-order chi connectivity index (χ0) is 12.9. The van der Waals surface area contributed by atoms with E-state index in [1.807, 2.05) is 30.3 Å². The molecule has 2 aromatic rings. The predicted octanol–water partition coefficient (Wildman–Crippen LogP) is 3.12. The number of rotatable bonds is 4. The summed E-state index contributed by atoms with van der Waals surface area (Å²) in [6.45, 7) is 3.93. The van der Waals surface area contributed by atoms with Gasteiger partial charge in [0.15, 0.2) is 0 Å². The molecule has 0 aromatic heterocycles. The van der Waals surface area contributed by atoms with Crippen LogP contribution in [0.15, 0.2) is 54.6 Å². The molecule has 0 unspecified atom stereocenters. The molecule has 0 amide bonds. The van der Waals surface area contributed by atoms with Gasteiger partial charge in [-0.3, -0.25) is 4.90 Å². The van der Waals surface area contributed by atoms with Crippen molar-refractivity contribution >= 4 is 0 Å². The van der Waals surface area contributed by atoms with Crippen LogP contribution in [0.3, 0.4) is 0 Å². The van der Waals surface area contributed by atoms with Crippen molar-refractivity contribution in [3.05, 3.63) is 65.7 Å². The zero-order valence-electron chi connectivity index (χ0n) is 11.1. The van der Waals surface area contributed by atoms with Gasteiger partial charge in [-0.25, -0.2) is 0 Å². The van der Waals surface area contributed by atoms with Crippen molar-refractivity contribution in [1.82, 2.24) is 4.90 Å². The highest BCUT2D eigenvalue weighted by atomic mass is 16.5. The Labute approximate surface area is 114 Å². The predicted molar refractivity (Wildman–Crippen MR) is 77.4 cm³/mol. The number of nitrogens with zero attached hydrogens (tertiary/aromatic N) is 1. The maximum atomic E-state index is 5.76. The topological polar surface area (TPSA) is 12.5 Å². The summed E-state index contributed by atoms with van der Waals surface area (Å²) in [4.78, 5) is 2.46. The molecule has 2 heteroatoms. The third-order valence-electron chi connectivity index (χ3n) is 3.63. The van der Waals surface area contributed by atoms with Gasteiger partial charge < -0.3 is 4.74 Å². The summed E-state index contributed by atoms with van der Waals surface area (Å²) in [5.41, 5.74) is 2.97. The van der Waals surface area contributed by atoms with E-state index in [4.69, 9.17) is 4.74 Å². The molecule has 19 heavy (non-hydrogen) atoms. The first kappa shape index (κ1) is 12.2. The normalized spacial score (nSPS) is 14.9. The summed E-state index contributed by atoms with van der Waals surface area (Å²) in [6.07, 6.45) is 1.15. The molecule has 1 aliphatic heterocycles. The number of fused-ring (bicyclic) bond motifs is 1. The molecule has 1 aliphatic rings. The van der Waals surface area contributed by atoms with Gasteiger partial charge in [0, 0.05) is 19.6 Å². The van der Waals surface area contributed by atoms with Crippen LogP contribution in [0.25, 0.3) is 0 Å². The minimum Gasteiger partial charge on any atom is -0.492 e. The lowest BCUT2D eigenvalue weighted by Crippen LogP contribution is -2.33. The molecule has 2 aromatic carbocycles. The van der Waals surface area contributed by atoms with Gasteiger partial charge in [0.05, 0.1) is 0 Å². The van der Waals surface area contributed by atoms with Crippen molar-refractivity contribution < 1.29 is 4.74 Å². The van der Waals surface area contributed by atoms with E-state index in [2.05, 4.69) is 29.2 Å². The van der Waals surface area contributed by atoms with Crippen molar-refractivity contribution in [1.29, 1.82) is 0 Å². The molecule has 0 fully saturated rings. The van der Waals surface area contributed by atoms with E-state index in [0.29, 0.717) is 0 Å². The Morgan fingerprint density at radius 1 is 0.895 bits per heavy atom. The van der Waals surface area contributed by atoms with Crippen molar-refractivity contribution in [3.8, 4) is 5.75 Å². The first-order chi connectivity index (χ1) is 9.42. The molecular weight excluding hydrogens is 234 g/mol. The van der Waals surface area contributed by atoms with Gasteiger partial charge in [0.1, 0.15) is 12.4 Å². The second-order valence-electron chi connectivity index (χ2n) is 4.96. The van der Waals surface area contributed by atoms with E-state index in [1.54, 1.807) is 0 Å². The fraction of sp³-hybridized carbons (Fsp3) is 0.294. The van der Waals surface area contributed by atoms with Gasteiger partial charge in [0.2, 0.25) is 0 Å².